The minimum Gasteiger partial charge on any atom is -0.493 e. The number of carboxylic acid groups (broad SMARTS) is 1. The summed E-state index contributed by atoms with van der Waals surface area (Å²) in [6.45, 7) is 11.1. The van der Waals surface area contributed by atoms with Crippen LogP contribution in [0.25, 0.3) is 22.0 Å². The predicted molar refractivity (Wildman–Crippen MR) is 177 cm³/mol. The first-order chi connectivity index (χ1) is 22.0. The highest BCUT2D eigenvalue weighted by molar-refractivity contribution is 5.81. The molecule has 6 rings (SSSR count). The van der Waals surface area contributed by atoms with Crippen LogP contribution in [0.3, 0.4) is 0 Å². The first kappa shape index (κ1) is 31.1. The van der Waals surface area contributed by atoms with Gasteiger partial charge in [-0.05, 0) is 91.2 Å². The molecule has 45 heavy (non-hydrogen) atoms. The number of benzene rings is 2. The molecule has 0 aliphatic carbocycles. The number of morpholine rings is 1. The standard InChI is InChI=1S/C37H44N4O4/c1-26-29(8-5-9-31(26)32-10-6-12-35(27(32)2)45-19-7-15-40-17-20-44-21-18-40)23-33-36-30(13-14-38-33)22-28(24-39-36)25-41-16-4-3-11-34(41)37(42)43/h5-6,8-10,12-14,22,24,34H,3-4,7,11,15-21,23,25H2,1-2H3,(H,42,43). The molecule has 0 saturated carbocycles. The number of hydrogen-bond donors (Lipinski definition) is 1. The second kappa shape index (κ2) is 14.5. The molecule has 1 N–H and O–H groups in total. The van der Waals surface area contributed by atoms with Crippen LogP contribution in [0.1, 0.15) is 53.6 Å². The summed E-state index contributed by atoms with van der Waals surface area (Å²) in [6.07, 6.45) is 8.11. The number of piperidine rings is 1. The zero-order valence-corrected chi connectivity index (χ0v) is 26.5. The Labute approximate surface area is 266 Å². The summed E-state index contributed by atoms with van der Waals surface area (Å²) in [6, 6.07) is 16.5. The molecule has 2 aliphatic rings. The van der Waals surface area contributed by atoms with Gasteiger partial charge < -0.3 is 14.6 Å². The SMILES string of the molecule is Cc1c(Cc2nccc3cc(CN4CCCCC4C(=O)O)cnc23)cccc1-c1cccc(OCCCN2CCOCC2)c1C. The third-order valence-electron chi connectivity index (χ3n) is 9.37. The van der Waals surface area contributed by atoms with Gasteiger partial charge in [-0.1, -0.05) is 36.8 Å². The Morgan fingerprint density at radius 3 is 2.62 bits per heavy atom. The topological polar surface area (TPSA) is 88.0 Å². The smallest absolute Gasteiger partial charge is 0.320 e. The molecule has 1 atom stereocenters. The van der Waals surface area contributed by atoms with Crippen molar-refractivity contribution in [2.24, 2.45) is 0 Å². The lowest BCUT2D eigenvalue weighted by Crippen LogP contribution is -2.44. The Kier molecular flexibility index (Phi) is 10.0. The number of rotatable bonds is 11. The Balaban J connectivity index is 1.17. The summed E-state index contributed by atoms with van der Waals surface area (Å²) in [5.41, 5.74) is 8.85. The molecule has 2 aliphatic heterocycles. The van der Waals surface area contributed by atoms with Crippen molar-refractivity contribution in [2.45, 2.75) is 58.5 Å². The summed E-state index contributed by atoms with van der Waals surface area (Å²) in [5, 5.41) is 10.7. The Bertz CT molecular complexity index is 1630. The molecular formula is C37H44N4O4. The van der Waals surface area contributed by atoms with Crippen LogP contribution in [-0.2, 0) is 22.5 Å². The van der Waals surface area contributed by atoms with Crippen LogP contribution in [0.4, 0.5) is 0 Å². The molecule has 2 saturated heterocycles. The zero-order valence-electron chi connectivity index (χ0n) is 26.5. The summed E-state index contributed by atoms with van der Waals surface area (Å²) in [5.74, 6) is 0.204. The third-order valence-corrected chi connectivity index (χ3v) is 9.37. The van der Waals surface area contributed by atoms with Crippen LogP contribution in [-0.4, -0.2) is 82.9 Å². The number of pyridine rings is 2. The van der Waals surface area contributed by atoms with Crippen molar-refractivity contribution in [1.82, 2.24) is 19.8 Å². The molecule has 2 aromatic carbocycles. The van der Waals surface area contributed by atoms with E-state index in [1.165, 1.54) is 22.3 Å². The lowest BCUT2D eigenvalue weighted by molar-refractivity contribution is -0.144. The molecular weight excluding hydrogens is 564 g/mol. The van der Waals surface area contributed by atoms with Crippen LogP contribution in [0, 0.1) is 13.8 Å². The Morgan fingerprint density at radius 2 is 1.80 bits per heavy atom. The maximum absolute atomic E-state index is 11.8. The molecule has 0 amide bonds. The van der Waals surface area contributed by atoms with Gasteiger partial charge in [0.2, 0.25) is 0 Å². The van der Waals surface area contributed by atoms with Crippen molar-refractivity contribution in [3.8, 4) is 16.9 Å². The fourth-order valence-electron chi connectivity index (χ4n) is 6.78. The minimum absolute atomic E-state index is 0.422. The van der Waals surface area contributed by atoms with Crippen molar-refractivity contribution in [3.05, 3.63) is 88.9 Å². The van der Waals surface area contributed by atoms with E-state index in [0.29, 0.717) is 26.0 Å². The van der Waals surface area contributed by atoms with Crippen LogP contribution in [0.2, 0.25) is 0 Å². The van der Waals surface area contributed by atoms with Crippen molar-refractivity contribution < 1.29 is 19.4 Å². The second-order valence-electron chi connectivity index (χ2n) is 12.3. The summed E-state index contributed by atoms with van der Waals surface area (Å²) >= 11 is 0. The molecule has 2 fully saturated rings. The average molecular weight is 609 g/mol. The third kappa shape index (κ3) is 7.35. The van der Waals surface area contributed by atoms with E-state index in [2.05, 4.69) is 66.1 Å². The number of aliphatic carboxylic acids is 1. The molecule has 8 nitrogen and oxygen atoms in total. The van der Waals surface area contributed by atoms with Crippen LogP contribution >= 0.6 is 0 Å². The number of fused-ring (bicyclic) bond motifs is 1. The van der Waals surface area contributed by atoms with Gasteiger partial charge in [0.1, 0.15) is 11.8 Å². The van der Waals surface area contributed by atoms with E-state index in [-0.39, 0.29) is 0 Å². The first-order valence-corrected chi connectivity index (χ1v) is 16.3. The van der Waals surface area contributed by atoms with E-state index in [4.69, 9.17) is 19.4 Å². The molecule has 2 aromatic heterocycles. The largest absolute Gasteiger partial charge is 0.493 e. The number of hydrogen-bond acceptors (Lipinski definition) is 7. The number of nitrogens with zero attached hydrogens (tertiary/aromatic N) is 4. The van der Waals surface area contributed by atoms with Gasteiger partial charge in [-0.15, -0.1) is 0 Å². The van der Waals surface area contributed by atoms with E-state index in [0.717, 1.165) is 92.1 Å². The van der Waals surface area contributed by atoms with Gasteiger partial charge in [-0.2, -0.15) is 0 Å². The molecule has 236 valence electrons. The highest BCUT2D eigenvalue weighted by Crippen LogP contribution is 2.34. The van der Waals surface area contributed by atoms with Crippen molar-refractivity contribution in [2.75, 3.05) is 46.0 Å². The Hall–Kier alpha value is -3.85. The number of likely N-dealkylation sites (tertiary alicyclic amines) is 1. The van der Waals surface area contributed by atoms with Gasteiger partial charge in [0, 0.05) is 50.4 Å². The van der Waals surface area contributed by atoms with Gasteiger partial charge in [0.05, 0.1) is 31.0 Å². The van der Waals surface area contributed by atoms with Crippen LogP contribution in [0.15, 0.2) is 60.9 Å². The van der Waals surface area contributed by atoms with Gasteiger partial charge in [0.15, 0.2) is 0 Å². The van der Waals surface area contributed by atoms with Crippen molar-refractivity contribution in [1.29, 1.82) is 0 Å². The number of carboxylic acids is 1. The second-order valence-corrected chi connectivity index (χ2v) is 12.3. The van der Waals surface area contributed by atoms with E-state index in [1.807, 2.05) is 18.5 Å². The van der Waals surface area contributed by atoms with E-state index in [9.17, 15) is 9.90 Å². The van der Waals surface area contributed by atoms with Gasteiger partial charge in [0.25, 0.3) is 0 Å². The first-order valence-electron chi connectivity index (χ1n) is 16.3. The average Bonchev–Trinajstić information content (AvgIpc) is 3.05. The molecule has 0 radical (unpaired) electrons. The fourth-order valence-corrected chi connectivity index (χ4v) is 6.78. The number of ether oxygens (including phenoxy) is 2. The highest BCUT2D eigenvalue weighted by Gasteiger charge is 2.28. The quantitative estimate of drug-likeness (QED) is 0.206. The maximum atomic E-state index is 11.8. The summed E-state index contributed by atoms with van der Waals surface area (Å²) < 4.78 is 11.7. The van der Waals surface area contributed by atoms with Gasteiger partial charge >= 0.3 is 5.97 Å². The maximum Gasteiger partial charge on any atom is 0.320 e. The van der Waals surface area contributed by atoms with E-state index < -0.39 is 12.0 Å². The molecule has 0 bridgehead atoms. The molecule has 1 unspecified atom stereocenters. The lowest BCUT2D eigenvalue weighted by atomic mass is 9.91. The number of aromatic nitrogens is 2. The number of carbonyl (C=O) groups is 1. The monoisotopic (exact) mass is 608 g/mol. The summed E-state index contributed by atoms with van der Waals surface area (Å²) in [4.78, 5) is 25.9. The zero-order chi connectivity index (χ0) is 31.2. The van der Waals surface area contributed by atoms with Crippen LogP contribution in [0.5, 0.6) is 5.75 Å². The summed E-state index contributed by atoms with van der Waals surface area (Å²) in [7, 11) is 0. The molecule has 8 heteroatoms. The van der Waals surface area contributed by atoms with Gasteiger partial charge in [-0.25, -0.2) is 0 Å². The Morgan fingerprint density at radius 1 is 1.00 bits per heavy atom. The molecule has 0 spiro atoms. The normalized spacial score (nSPS) is 17.9. The molecule has 4 aromatic rings. The van der Waals surface area contributed by atoms with Gasteiger partial charge in [-0.3, -0.25) is 24.6 Å². The predicted octanol–water partition coefficient (Wildman–Crippen LogP) is 6.04. The minimum atomic E-state index is -0.735. The van der Waals surface area contributed by atoms with E-state index >= 15 is 0 Å². The highest BCUT2D eigenvalue weighted by atomic mass is 16.5. The van der Waals surface area contributed by atoms with Crippen molar-refractivity contribution in [3.63, 3.8) is 0 Å². The van der Waals surface area contributed by atoms with E-state index in [1.54, 1.807) is 0 Å². The van der Waals surface area contributed by atoms with Crippen LogP contribution < -0.4 is 4.74 Å². The molecule has 4 heterocycles. The van der Waals surface area contributed by atoms with Crippen molar-refractivity contribution >= 4 is 16.9 Å². The lowest BCUT2D eigenvalue weighted by Gasteiger charge is -2.32. The fraction of sp³-hybridized carbons (Fsp3) is 0.432.